The van der Waals surface area contributed by atoms with Gasteiger partial charge in [-0.1, -0.05) is 60.7 Å². The molecule has 0 aromatic heterocycles. The molecule has 2 aromatic carbocycles. The van der Waals surface area contributed by atoms with Crippen LogP contribution in [0.25, 0.3) is 0 Å². The standard InChI is InChI=1S/C18H20N3/c1-15(2)21-18(17-11-7-4-8-12-17)14-20(19-21)13-16-9-5-3-6-10-16/h3-12,15,18H,13H2,1-2H3/q+1. The Morgan fingerprint density at radius 3 is 2.29 bits per heavy atom. The van der Waals surface area contributed by atoms with E-state index in [0.29, 0.717) is 6.04 Å². The quantitative estimate of drug-likeness (QED) is 0.771. The molecule has 1 aliphatic heterocycles. The van der Waals surface area contributed by atoms with Crippen LogP contribution < -0.4 is 0 Å². The second kappa shape index (κ2) is 6.08. The lowest BCUT2D eigenvalue weighted by molar-refractivity contribution is -0.567. The van der Waals surface area contributed by atoms with Gasteiger partial charge in [0.2, 0.25) is 0 Å². The number of benzene rings is 2. The van der Waals surface area contributed by atoms with Gasteiger partial charge in [0.15, 0.2) is 6.04 Å². The van der Waals surface area contributed by atoms with E-state index in [1.165, 1.54) is 11.1 Å². The highest BCUT2D eigenvalue weighted by atomic mass is 15.6. The van der Waals surface area contributed by atoms with E-state index in [1.807, 2.05) is 16.8 Å². The smallest absolute Gasteiger partial charge is 0.154 e. The van der Waals surface area contributed by atoms with Crippen LogP contribution in [0.5, 0.6) is 0 Å². The van der Waals surface area contributed by atoms with Crippen molar-refractivity contribution in [2.24, 2.45) is 5.22 Å². The highest BCUT2D eigenvalue weighted by molar-refractivity contribution is 5.21. The molecule has 3 heteroatoms. The first-order valence-electron chi connectivity index (χ1n) is 7.36. The van der Waals surface area contributed by atoms with Crippen LogP contribution >= 0.6 is 0 Å². The van der Waals surface area contributed by atoms with Gasteiger partial charge < -0.3 is 0 Å². The summed E-state index contributed by atoms with van der Waals surface area (Å²) in [5, 5.41) is 6.81. The molecule has 1 unspecified atom stereocenters. The monoisotopic (exact) mass is 278 g/mol. The van der Waals surface area contributed by atoms with E-state index in [-0.39, 0.29) is 6.04 Å². The predicted octanol–water partition coefficient (Wildman–Crippen LogP) is 4.07. The highest BCUT2D eigenvalue weighted by Gasteiger charge is 2.39. The van der Waals surface area contributed by atoms with Crippen LogP contribution in [0, 0.1) is 6.54 Å². The summed E-state index contributed by atoms with van der Waals surface area (Å²) in [6.45, 7) is 8.56. The lowest BCUT2D eigenvalue weighted by Gasteiger charge is -2.16. The first-order valence-corrected chi connectivity index (χ1v) is 7.36. The molecule has 0 amide bonds. The number of rotatable bonds is 4. The fourth-order valence-corrected chi connectivity index (χ4v) is 2.50. The van der Waals surface area contributed by atoms with Crippen LogP contribution in [0.2, 0.25) is 0 Å². The molecule has 0 saturated carbocycles. The molecule has 0 fully saturated rings. The van der Waals surface area contributed by atoms with Crippen molar-refractivity contribution < 1.29 is 4.70 Å². The van der Waals surface area contributed by atoms with E-state index in [2.05, 4.69) is 73.9 Å². The number of nitrogens with zero attached hydrogens (tertiary/aromatic N) is 3. The molecule has 1 aliphatic rings. The fraction of sp³-hybridized carbons (Fsp3) is 0.278. The maximum atomic E-state index is 4.70. The Kier molecular flexibility index (Phi) is 4.00. The Labute approximate surface area is 126 Å². The second-order valence-corrected chi connectivity index (χ2v) is 5.55. The summed E-state index contributed by atoms with van der Waals surface area (Å²) in [5.74, 6) is 0. The molecule has 1 atom stereocenters. The van der Waals surface area contributed by atoms with Gasteiger partial charge in [-0.2, -0.15) is 5.01 Å². The minimum atomic E-state index is 0.0925. The van der Waals surface area contributed by atoms with Crippen LogP contribution in [-0.2, 0) is 6.54 Å². The van der Waals surface area contributed by atoms with Crippen LogP contribution in [0.3, 0.4) is 0 Å². The zero-order valence-electron chi connectivity index (χ0n) is 12.5. The van der Waals surface area contributed by atoms with Crippen molar-refractivity contribution in [3.8, 4) is 0 Å². The Balaban J connectivity index is 1.80. The molecule has 1 heterocycles. The van der Waals surface area contributed by atoms with Crippen molar-refractivity contribution in [1.29, 1.82) is 0 Å². The third-order valence-electron chi connectivity index (χ3n) is 3.57. The maximum absolute atomic E-state index is 4.70. The fourth-order valence-electron chi connectivity index (χ4n) is 2.50. The number of hydrogen-bond donors (Lipinski definition) is 0. The summed E-state index contributed by atoms with van der Waals surface area (Å²) >= 11 is 0. The van der Waals surface area contributed by atoms with Crippen molar-refractivity contribution in [2.75, 3.05) is 0 Å². The lowest BCUT2D eigenvalue weighted by Crippen LogP contribution is -2.26. The van der Waals surface area contributed by atoms with Gasteiger partial charge in [-0.3, -0.25) is 0 Å². The molecule has 3 nitrogen and oxygen atoms in total. The first kappa shape index (κ1) is 13.8. The van der Waals surface area contributed by atoms with Crippen molar-refractivity contribution in [1.82, 2.24) is 5.01 Å². The van der Waals surface area contributed by atoms with Gasteiger partial charge >= 0.3 is 0 Å². The molecular weight excluding hydrogens is 258 g/mol. The van der Waals surface area contributed by atoms with E-state index in [1.54, 1.807) is 0 Å². The average Bonchev–Trinajstić information content (AvgIpc) is 2.93. The molecular formula is C18H20N3+. The van der Waals surface area contributed by atoms with Gasteiger partial charge in [0.05, 0.1) is 5.22 Å². The van der Waals surface area contributed by atoms with E-state index in [9.17, 15) is 0 Å². The summed E-state index contributed by atoms with van der Waals surface area (Å²) in [4.78, 5) is 0. The molecule has 3 rings (SSSR count). The molecule has 2 radical (unpaired) electrons. The maximum Gasteiger partial charge on any atom is 0.281 e. The van der Waals surface area contributed by atoms with Crippen LogP contribution in [0.4, 0.5) is 0 Å². The molecule has 0 bridgehead atoms. The van der Waals surface area contributed by atoms with Gasteiger partial charge in [-0.05, 0) is 19.4 Å². The Bertz CT molecular complexity index is 605. The summed E-state index contributed by atoms with van der Waals surface area (Å²) in [6.07, 6.45) is 0. The van der Waals surface area contributed by atoms with E-state index in [4.69, 9.17) is 5.22 Å². The lowest BCUT2D eigenvalue weighted by atomic mass is 10.1. The molecule has 106 valence electrons. The largest absolute Gasteiger partial charge is 0.281 e. The number of hydrogen-bond acceptors (Lipinski definition) is 2. The average molecular weight is 278 g/mol. The van der Waals surface area contributed by atoms with Crippen LogP contribution in [0.15, 0.2) is 65.9 Å². The van der Waals surface area contributed by atoms with Crippen molar-refractivity contribution in [2.45, 2.75) is 32.5 Å². The topological polar surface area (TPSA) is 18.6 Å². The molecule has 0 spiro atoms. The molecule has 2 aromatic rings. The highest BCUT2D eigenvalue weighted by Crippen LogP contribution is 2.31. The van der Waals surface area contributed by atoms with E-state index < -0.39 is 0 Å². The van der Waals surface area contributed by atoms with Gasteiger partial charge in [0.25, 0.3) is 6.54 Å². The van der Waals surface area contributed by atoms with E-state index >= 15 is 0 Å². The molecule has 21 heavy (non-hydrogen) atoms. The third-order valence-corrected chi connectivity index (χ3v) is 3.57. The normalized spacial score (nSPS) is 18.1. The minimum Gasteiger partial charge on any atom is -0.154 e. The van der Waals surface area contributed by atoms with E-state index in [0.717, 1.165) is 6.54 Å². The van der Waals surface area contributed by atoms with Crippen LogP contribution in [-0.4, -0.2) is 15.7 Å². The van der Waals surface area contributed by atoms with Gasteiger partial charge in [-0.15, -0.1) is 4.70 Å². The van der Waals surface area contributed by atoms with Gasteiger partial charge in [0, 0.05) is 5.56 Å². The summed E-state index contributed by atoms with van der Waals surface area (Å²) in [6, 6.07) is 21.2. The minimum absolute atomic E-state index is 0.0925. The van der Waals surface area contributed by atoms with Crippen LogP contribution in [0.1, 0.15) is 31.0 Å². The Morgan fingerprint density at radius 2 is 1.67 bits per heavy atom. The summed E-state index contributed by atoms with van der Waals surface area (Å²) in [7, 11) is 0. The molecule has 0 aliphatic carbocycles. The zero-order chi connectivity index (χ0) is 14.7. The Hall–Kier alpha value is -2.16. The molecule has 0 saturated heterocycles. The second-order valence-electron chi connectivity index (χ2n) is 5.55. The third kappa shape index (κ3) is 3.13. The Morgan fingerprint density at radius 1 is 1.05 bits per heavy atom. The molecule has 0 N–H and O–H groups in total. The van der Waals surface area contributed by atoms with Crippen molar-refractivity contribution >= 4 is 0 Å². The summed E-state index contributed by atoms with van der Waals surface area (Å²) in [5.41, 5.74) is 2.47. The van der Waals surface area contributed by atoms with Crippen molar-refractivity contribution in [3.05, 3.63) is 78.3 Å². The van der Waals surface area contributed by atoms with Crippen molar-refractivity contribution in [3.63, 3.8) is 0 Å². The zero-order valence-corrected chi connectivity index (χ0v) is 12.5. The van der Waals surface area contributed by atoms with Gasteiger partial charge in [-0.25, -0.2) is 0 Å². The first-order chi connectivity index (χ1) is 10.2. The predicted molar refractivity (Wildman–Crippen MR) is 82.2 cm³/mol. The van der Waals surface area contributed by atoms with Gasteiger partial charge in [0.1, 0.15) is 12.6 Å². The SMILES string of the molecule is CC(C)N1N=[N+](Cc2ccccc2)[C]C1c1ccccc1. The summed E-state index contributed by atoms with van der Waals surface area (Å²) < 4.78 is 1.92.